The van der Waals surface area contributed by atoms with E-state index in [1.807, 2.05) is 30.3 Å². The molecule has 3 rings (SSSR count). The van der Waals surface area contributed by atoms with Gasteiger partial charge in [-0.2, -0.15) is 0 Å². The van der Waals surface area contributed by atoms with Crippen LogP contribution < -0.4 is 0 Å². The maximum Gasteiger partial charge on any atom is 0.337 e. The van der Waals surface area contributed by atoms with E-state index < -0.39 is 11.9 Å². The second kappa shape index (κ2) is 6.06. The minimum atomic E-state index is -1.08. The predicted molar refractivity (Wildman–Crippen MR) is 89.1 cm³/mol. The first-order chi connectivity index (χ1) is 11.1. The molecular formula is C18H12O4S. The first-order valence-electron chi connectivity index (χ1n) is 6.82. The highest BCUT2D eigenvalue weighted by Gasteiger charge is 2.23. The van der Waals surface area contributed by atoms with Gasteiger partial charge in [-0.1, -0.05) is 48.5 Å². The Balaban J connectivity index is 2.25. The lowest BCUT2D eigenvalue weighted by Gasteiger charge is -2.07. The number of carbonyl (C=O) groups is 2. The van der Waals surface area contributed by atoms with Crippen LogP contribution in [0.5, 0.6) is 0 Å². The number of thiophene rings is 1. The second-order valence-corrected chi connectivity index (χ2v) is 5.76. The molecule has 5 heteroatoms. The molecule has 0 fully saturated rings. The molecule has 2 aromatic carbocycles. The summed E-state index contributed by atoms with van der Waals surface area (Å²) in [6, 6.07) is 15.6. The predicted octanol–water partition coefficient (Wildman–Crippen LogP) is 4.48. The van der Waals surface area contributed by atoms with E-state index in [4.69, 9.17) is 0 Å². The molecule has 114 valence electrons. The largest absolute Gasteiger partial charge is 0.478 e. The molecule has 0 aliphatic rings. The zero-order chi connectivity index (χ0) is 16.4. The quantitative estimate of drug-likeness (QED) is 0.742. The molecule has 0 bridgehead atoms. The summed E-state index contributed by atoms with van der Waals surface area (Å²) in [5.74, 6) is -2.15. The smallest absolute Gasteiger partial charge is 0.337 e. The van der Waals surface area contributed by atoms with Gasteiger partial charge in [0.25, 0.3) is 0 Å². The van der Waals surface area contributed by atoms with Crippen LogP contribution in [0.4, 0.5) is 0 Å². The topological polar surface area (TPSA) is 74.6 Å². The Kier molecular flexibility index (Phi) is 3.95. The summed E-state index contributed by atoms with van der Waals surface area (Å²) < 4.78 is 0. The van der Waals surface area contributed by atoms with Gasteiger partial charge in [-0.05, 0) is 17.2 Å². The van der Waals surface area contributed by atoms with Gasteiger partial charge in [0.05, 0.1) is 11.1 Å². The van der Waals surface area contributed by atoms with Crippen LogP contribution in [0, 0.1) is 0 Å². The van der Waals surface area contributed by atoms with Gasteiger partial charge in [-0.25, -0.2) is 9.59 Å². The fraction of sp³-hybridized carbons (Fsp3) is 0. The molecule has 0 unspecified atom stereocenters. The van der Waals surface area contributed by atoms with Gasteiger partial charge < -0.3 is 10.2 Å². The zero-order valence-electron chi connectivity index (χ0n) is 11.9. The van der Waals surface area contributed by atoms with Crippen molar-refractivity contribution in [2.45, 2.75) is 0 Å². The molecular weight excluding hydrogens is 312 g/mol. The Hall–Kier alpha value is -2.92. The molecule has 0 atom stereocenters. The molecule has 0 radical (unpaired) electrons. The van der Waals surface area contributed by atoms with Gasteiger partial charge in [-0.3, -0.25) is 0 Å². The minimum absolute atomic E-state index is 0.0902. The van der Waals surface area contributed by atoms with Gasteiger partial charge in [0.2, 0.25) is 0 Å². The van der Waals surface area contributed by atoms with E-state index in [2.05, 4.69) is 0 Å². The molecule has 0 aliphatic carbocycles. The Morgan fingerprint density at radius 1 is 0.783 bits per heavy atom. The molecule has 0 aliphatic heterocycles. The zero-order valence-corrected chi connectivity index (χ0v) is 12.7. The van der Waals surface area contributed by atoms with Crippen LogP contribution in [0.15, 0.2) is 60.0 Å². The summed E-state index contributed by atoms with van der Waals surface area (Å²) in [6.45, 7) is 0. The van der Waals surface area contributed by atoms with Crippen LogP contribution >= 0.6 is 11.3 Å². The normalized spacial score (nSPS) is 10.4. The summed E-state index contributed by atoms with van der Waals surface area (Å²) in [4.78, 5) is 23.8. The van der Waals surface area contributed by atoms with Gasteiger partial charge in [0.15, 0.2) is 0 Å². The molecule has 2 N–H and O–H groups in total. The fourth-order valence-corrected chi connectivity index (χ4v) is 3.54. The van der Waals surface area contributed by atoms with E-state index in [0.29, 0.717) is 16.0 Å². The standard InChI is InChI=1S/C18H12O4S/c19-17(20)13-9-5-4-8-12(13)14-10-23-16(15(14)18(21)22)11-6-2-1-3-7-11/h1-10H,(H,19,20)(H,21,22). The van der Waals surface area contributed by atoms with Crippen LogP contribution in [0.3, 0.4) is 0 Å². The number of aromatic carboxylic acids is 2. The highest BCUT2D eigenvalue weighted by Crippen LogP contribution is 2.39. The molecule has 3 aromatic rings. The van der Waals surface area contributed by atoms with Crippen LogP contribution in [0.2, 0.25) is 0 Å². The number of hydrogen-bond acceptors (Lipinski definition) is 3. The van der Waals surface area contributed by atoms with Crippen molar-refractivity contribution in [3.8, 4) is 21.6 Å². The monoisotopic (exact) mass is 324 g/mol. The maximum absolute atomic E-state index is 11.8. The molecule has 0 saturated carbocycles. The summed E-state index contributed by atoms with van der Waals surface area (Å²) in [6.07, 6.45) is 0. The van der Waals surface area contributed by atoms with Gasteiger partial charge >= 0.3 is 11.9 Å². The lowest BCUT2D eigenvalue weighted by atomic mass is 9.96. The number of carboxylic acid groups (broad SMARTS) is 2. The van der Waals surface area contributed by atoms with E-state index in [0.717, 1.165) is 5.56 Å². The Morgan fingerprint density at radius 3 is 2.09 bits per heavy atom. The number of carboxylic acids is 2. The third-order valence-corrected chi connectivity index (χ3v) is 4.52. The SMILES string of the molecule is O=C(O)c1ccccc1-c1csc(-c2ccccc2)c1C(=O)O. The lowest BCUT2D eigenvalue weighted by molar-refractivity contribution is 0.0685. The molecule has 0 saturated heterocycles. The van der Waals surface area contributed by atoms with Crippen molar-refractivity contribution in [3.05, 3.63) is 71.1 Å². The average Bonchev–Trinajstić information content (AvgIpc) is 3.00. The van der Waals surface area contributed by atoms with Gasteiger partial charge in [0.1, 0.15) is 0 Å². The van der Waals surface area contributed by atoms with Gasteiger partial charge in [-0.15, -0.1) is 11.3 Å². The van der Waals surface area contributed by atoms with Crippen molar-refractivity contribution < 1.29 is 19.8 Å². The number of hydrogen-bond donors (Lipinski definition) is 2. The highest BCUT2D eigenvalue weighted by atomic mass is 32.1. The van der Waals surface area contributed by atoms with Crippen molar-refractivity contribution in [2.75, 3.05) is 0 Å². The van der Waals surface area contributed by atoms with Crippen molar-refractivity contribution in [1.82, 2.24) is 0 Å². The van der Waals surface area contributed by atoms with Crippen molar-refractivity contribution in [1.29, 1.82) is 0 Å². The van der Waals surface area contributed by atoms with Crippen LogP contribution in [-0.4, -0.2) is 22.2 Å². The molecule has 4 nitrogen and oxygen atoms in total. The number of benzene rings is 2. The van der Waals surface area contributed by atoms with Crippen LogP contribution in [0.1, 0.15) is 20.7 Å². The van der Waals surface area contributed by atoms with Crippen LogP contribution in [0.25, 0.3) is 21.6 Å². The second-order valence-electron chi connectivity index (χ2n) is 4.88. The van der Waals surface area contributed by atoms with Crippen molar-refractivity contribution >= 4 is 23.3 Å². The van der Waals surface area contributed by atoms with Crippen LogP contribution in [-0.2, 0) is 0 Å². The fourth-order valence-electron chi connectivity index (χ4n) is 2.47. The molecule has 1 aromatic heterocycles. The van der Waals surface area contributed by atoms with E-state index in [1.54, 1.807) is 23.6 Å². The van der Waals surface area contributed by atoms with E-state index in [1.165, 1.54) is 17.4 Å². The van der Waals surface area contributed by atoms with Crippen molar-refractivity contribution in [2.24, 2.45) is 0 Å². The molecule has 0 amide bonds. The summed E-state index contributed by atoms with van der Waals surface area (Å²) in [7, 11) is 0. The summed E-state index contributed by atoms with van der Waals surface area (Å²) in [5, 5.41) is 20.7. The van der Waals surface area contributed by atoms with Crippen molar-refractivity contribution in [3.63, 3.8) is 0 Å². The maximum atomic E-state index is 11.8. The third kappa shape index (κ3) is 2.74. The average molecular weight is 324 g/mol. The first-order valence-corrected chi connectivity index (χ1v) is 7.70. The van der Waals surface area contributed by atoms with E-state index in [9.17, 15) is 19.8 Å². The highest BCUT2D eigenvalue weighted by molar-refractivity contribution is 7.14. The Morgan fingerprint density at radius 2 is 1.43 bits per heavy atom. The summed E-state index contributed by atoms with van der Waals surface area (Å²) >= 11 is 1.30. The molecule has 23 heavy (non-hydrogen) atoms. The lowest BCUT2D eigenvalue weighted by Crippen LogP contribution is -2.03. The van der Waals surface area contributed by atoms with E-state index in [-0.39, 0.29) is 11.1 Å². The Bertz CT molecular complexity index is 881. The summed E-state index contributed by atoms with van der Waals surface area (Å²) in [5.41, 5.74) is 1.87. The van der Waals surface area contributed by atoms with Gasteiger partial charge in [0, 0.05) is 15.8 Å². The molecule has 0 spiro atoms. The van der Waals surface area contributed by atoms with E-state index >= 15 is 0 Å². The third-order valence-electron chi connectivity index (χ3n) is 3.49. The Labute approximate surface area is 136 Å². The molecule has 1 heterocycles. The minimum Gasteiger partial charge on any atom is -0.478 e. The first kappa shape index (κ1) is 15.0. The number of rotatable bonds is 4.